The minimum atomic E-state index is 0.0110. The Morgan fingerprint density at radius 2 is 0.633 bits per heavy atom. The van der Waals surface area contributed by atoms with Gasteiger partial charge in [-0.1, -0.05) is 41.5 Å². The second-order valence-corrected chi connectivity index (χ2v) is 16.1. The topological polar surface area (TPSA) is 41.1 Å². The van der Waals surface area contributed by atoms with Crippen molar-refractivity contribution in [2.75, 3.05) is 0 Å². The Morgan fingerprint density at radius 1 is 0.433 bits per heavy atom. The fourth-order valence-electron chi connectivity index (χ4n) is 13.4. The molecule has 30 heavy (non-hydrogen) atoms. The lowest BCUT2D eigenvalue weighted by atomic mass is 9.38. The van der Waals surface area contributed by atoms with E-state index < -0.39 is 0 Å². The average Bonchev–Trinajstić information content (AvgIpc) is 2.32. The Balaban J connectivity index is 1.25. The number of carbonyl (C=O) groups is 1. The van der Waals surface area contributed by atoms with Gasteiger partial charge < -0.3 is 10.6 Å². The lowest BCUT2D eigenvalue weighted by molar-refractivity contribution is -0.159. The molecular weight excluding hydrogens is 368 g/mol. The van der Waals surface area contributed by atoms with Gasteiger partial charge in [0.1, 0.15) is 0 Å². The summed E-state index contributed by atoms with van der Waals surface area (Å²) in [4.78, 5) is 13.6. The van der Waals surface area contributed by atoms with Crippen molar-refractivity contribution >= 4 is 6.03 Å². The van der Waals surface area contributed by atoms with Crippen LogP contribution in [0.5, 0.6) is 0 Å². The highest BCUT2D eigenvalue weighted by Gasteiger charge is 2.66. The molecule has 0 radical (unpaired) electrons. The molecule has 2 amide bonds. The first kappa shape index (κ1) is 19.9. The second-order valence-electron chi connectivity index (χ2n) is 16.1. The molecule has 0 aromatic heterocycles. The van der Waals surface area contributed by atoms with Crippen molar-refractivity contribution < 1.29 is 4.79 Å². The molecule has 8 bridgehead atoms. The van der Waals surface area contributed by atoms with E-state index in [2.05, 4.69) is 52.2 Å². The highest BCUT2D eigenvalue weighted by Crippen LogP contribution is 2.72. The van der Waals surface area contributed by atoms with Crippen LogP contribution in [0.3, 0.4) is 0 Å². The first-order valence-electron chi connectivity index (χ1n) is 12.7. The van der Waals surface area contributed by atoms with Crippen LogP contribution < -0.4 is 10.6 Å². The summed E-state index contributed by atoms with van der Waals surface area (Å²) >= 11 is 0. The molecule has 8 aliphatic carbocycles. The van der Waals surface area contributed by atoms with Gasteiger partial charge >= 0.3 is 6.03 Å². The van der Waals surface area contributed by atoms with Crippen molar-refractivity contribution in [3.05, 3.63) is 0 Å². The van der Waals surface area contributed by atoms with Gasteiger partial charge in [-0.05, 0) is 110 Å². The molecule has 3 nitrogen and oxygen atoms in total. The minimum absolute atomic E-state index is 0.0110. The summed E-state index contributed by atoms with van der Waals surface area (Å²) < 4.78 is 0. The van der Waals surface area contributed by atoms with E-state index in [1.54, 1.807) is 0 Å². The third-order valence-corrected chi connectivity index (χ3v) is 10.5. The third-order valence-electron chi connectivity index (χ3n) is 10.5. The maximum absolute atomic E-state index is 13.6. The molecule has 8 rings (SSSR count). The van der Waals surface area contributed by atoms with Crippen molar-refractivity contribution in [3.63, 3.8) is 0 Å². The second kappa shape index (κ2) is 5.09. The Labute approximate surface area is 183 Å². The monoisotopic (exact) mass is 412 g/mol. The van der Waals surface area contributed by atoms with E-state index in [1.807, 2.05) is 0 Å². The predicted octanol–water partition coefficient (Wildman–Crippen LogP) is 6.56. The van der Waals surface area contributed by atoms with Crippen molar-refractivity contribution in [1.82, 2.24) is 10.6 Å². The van der Waals surface area contributed by atoms with Gasteiger partial charge in [-0.25, -0.2) is 4.79 Å². The number of nitrogens with one attached hydrogen (secondary N) is 2. The molecule has 0 spiro atoms. The van der Waals surface area contributed by atoms with Crippen molar-refractivity contribution in [1.29, 1.82) is 0 Å². The van der Waals surface area contributed by atoms with E-state index in [0.29, 0.717) is 32.5 Å². The van der Waals surface area contributed by atoms with Crippen LogP contribution in [0.25, 0.3) is 0 Å². The smallest absolute Gasteiger partial charge is 0.315 e. The number of urea groups is 1. The molecule has 0 atom stereocenters. The molecule has 8 fully saturated rings. The van der Waals surface area contributed by atoms with Gasteiger partial charge in [0.05, 0.1) is 0 Å². The van der Waals surface area contributed by atoms with Crippen LogP contribution in [0.4, 0.5) is 4.79 Å². The zero-order chi connectivity index (χ0) is 21.5. The zero-order valence-corrected chi connectivity index (χ0v) is 20.4. The molecule has 0 unspecified atom stereocenters. The summed E-state index contributed by atoms with van der Waals surface area (Å²) in [5.41, 5.74) is 2.44. The fourth-order valence-corrected chi connectivity index (χ4v) is 13.4. The summed E-state index contributed by atoms with van der Waals surface area (Å²) in [5.74, 6) is 0. The van der Waals surface area contributed by atoms with Crippen molar-refractivity contribution in [3.8, 4) is 0 Å². The van der Waals surface area contributed by atoms with Gasteiger partial charge in [0.25, 0.3) is 0 Å². The van der Waals surface area contributed by atoms with Gasteiger partial charge in [0.2, 0.25) is 0 Å². The summed E-state index contributed by atoms with van der Waals surface area (Å²) in [6.07, 6.45) is 15.2. The maximum Gasteiger partial charge on any atom is 0.315 e. The Bertz CT molecular complexity index is 656. The van der Waals surface area contributed by atoms with E-state index in [0.717, 1.165) is 0 Å². The van der Waals surface area contributed by atoms with E-state index in [9.17, 15) is 4.79 Å². The van der Waals surface area contributed by atoms with E-state index in [1.165, 1.54) is 77.0 Å². The van der Waals surface area contributed by atoms with Crippen LogP contribution in [0.15, 0.2) is 0 Å². The van der Waals surface area contributed by atoms with E-state index in [-0.39, 0.29) is 17.1 Å². The van der Waals surface area contributed by atoms with Crippen LogP contribution in [-0.4, -0.2) is 17.1 Å². The fraction of sp³-hybridized carbons (Fsp3) is 0.963. The summed E-state index contributed by atoms with van der Waals surface area (Å²) in [6.45, 7) is 15.0. The van der Waals surface area contributed by atoms with Crippen LogP contribution in [0.1, 0.15) is 119 Å². The number of hydrogen-bond acceptors (Lipinski definition) is 1. The first-order valence-corrected chi connectivity index (χ1v) is 12.7. The van der Waals surface area contributed by atoms with E-state index >= 15 is 0 Å². The molecule has 0 heterocycles. The molecule has 2 N–H and O–H groups in total. The minimum Gasteiger partial charge on any atom is -0.333 e. The van der Waals surface area contributed by atoms with Crippen molar-refractivity contribution in [2.24, 2.45) is 32.5 Å². The van der Waals surface area contributed by atoms with Crippen LogP contribution in [0.2, 0.25) is 0 Å². The maximum atomic E-state index is 13.6. The molecule has 0 aliphatic heterocycles. The van der Waals surface area contributed by atoms with Crippen LogP contribution in [-0.2, 0) is 0 Å². The first-order chi connectivity index (χ1) is 13.6. The molecule has 3 heteroatoms. The summed E-state index contributed by atoms with van der Waals surface area (Å²) in [6, 6.07) is 0.144. The van der Waals surface area contributed by atoms with Gasteiger partial charge in [-0.3, -0.25) is 0 Å². The van der Waals surface area contributed by atoms with Crippen LogP contribution >= 0.6 is 0 Å². The van der Waals surface area contributed by atoms with Gasteiger partial charge in [-0.15, -0.1) is 0 Å². The summed E-state index contributed by atoms with van der Waals surface area (Å²) in [5, 5.41) is 7.33. The molecular formula is C27H44N2O. The summed E-state index contributed by atoms with van der Waals surface area (Å²) in [7, 11) is 0. The Kier molecular flexibility index (Phi) is 3.38. The third kappa shape index (κ3) is 2.85. The Morgan fingerprint density at radius 3 is 0.833 bits per heavy atom. The van der Waals surface area contributed by atoms with E-state index in [4.69, 9.17) is 0 Å². The molecule has 0 aromatic carbocycles. The quantitative estimate of drug-likeness (QED) is 0.529. The SMILES string of the molecule is CC12CC3(C)CC(C)(C1)CC(NC(=O)NC14CC5(C)CC(C)(CC(C)(C5)C1)C4)(C2)C3. The normalized spacial score (nSPS) is 62.6. The standard InChI is InChI=1S/C27H44N2O/c1-20-7-21(2)9-22(3,8-20)15-26(13-20,14-21)28-19(30)29-27-16-23(4)10-24(5,17-27)12-25(6,11-23)18-27/h7-18H2,1-6H3,(H2,28,29,30). The highest BCUT2D eigenvalue weighted by molar-refractivity contribution is 5.76. The number of hydrogen-bond donors (Lipinski definition) is 2. The Hall–Kier alpha value is -0.730. The molecule has 8 aliphatic rings. The zero-order valence-electron chi connectivity index (χ0n) is 20.4. The van der Waals surface area contributed by atoms with Crippen LogP contribution in [0, 0.1) is 32.5 Å². The predicted molar refractivity (Wildman–Crippen MR) is 121 cm³/mol. The molecule has 0 aromatic rings. The van der Waals surface area contributed by atoms with Gasteiger partial charge in [0.15, 0.2) is 0 Å². The number of amides is 2. The highest BCUT2D eigenvalue weighted by atomic mass is 16.2. The average molecular weight is 413 g/mol. The van der Waals surface area contributed by atoms with Gasteiger partial charge in [-0.2, -0.15) is 0 Å². The largest absolute Gasteiger partial charge is 0.333 e. The lowest BCUT2D eigenvalue weighted by Crippen LogP contribution is -2.72. The van der Waals surface area contributed by atoms with Gasteiger partial charge in [0, 0.05) is 11.1 Å². The number of carbonyl (C=O) groups excluding carboxylic acids is 1. The molecule has 8 saturated carbocycles. The van der Waals surface area contributed by atoms with Crippen molar-refractivity contribution in [2.45, 2.75) is 130 Å². The molecule has 168 valence electrons. The number of rotatable bonds is 2. The molecule has 0 saturated heterocycles. The lowest BCUT2D eigenvalue weighted by Gasteiger charge is -2.70.